The minimum Gasteiger partial charge on any atom is -0.508 e. The molecule has 28 heavy (non-hydrogen) atoms. The maximum atomic E-state index is 12.5. The molecule has 6 heteroatoms. The number of carbonyl (C=O) groups is 1. The zero-order chi connectivity index (χ0) is 19.5. The first-order valence-corrected chi connectivity index (χ1v) is 9.42. The Morgan fingerprint density at radius 2 is 1.86 bits per heavy atom. The molecule has 4 rings (SSSR count). The Morgan fingerprint density at radius 3 is 2.61 bits per heavy atom. The van der Waals surface area contributed by atoms with Gasteiger partial charge in [-0.2, -0.15) is 0 Å². The van der Waals surface area contributed by atoms with Crippen molar-refractivity contribution in [1.29, 1.82) is 0 Å². The number of likely N-dealkylation sites (tertiary alicyclic amines) is 1. The summed E-state index contributed by atoms with van der Waals surface area (Å²) in [4.78, 5) is 26.6. The van der Waals surface area contributed by atoms with E-state index in [1.807, 2.05) is 30.3 Å². The molecule has 0 atom stereocenters. The second kappa shape index (κ2) is 7.86. The number of aromatic hydroxyl groups is 1. The molecule has 1 fully saturated rings. The van der Waals surface area contributed by atoms with Crippen LogP contribution < -0.4 is 10.9 Å². The number of phenols is 1. The van der Waals surface area contributed by atoms with Gasteiger partial charge in [0.1, 0.15) is 11.3 Å². The third-order valence-electron chi connectivity index (χ3n) is 5.21. The molecule has 0 saturated carbocycles. The van der Waals surface area contributed by atoms with Gasteiger partial charge in [0.15, 0.2) is 0 Å². The molecular formula is C22H22N2O4. The van der Waals surface area contributed by atoms with Gasteiger partial charge in [-0.25, -0.2) is 4.79 Å². The van der Waals surface area contributed by atoms with E-state index in [-0.39, 0.29) is 17.6 Å². The standard InChI is InChI=1S/C22H22N2O4/c25-18-6-7-19-16(12-21(26)28-20(19)13-18)14-24-10-8-15(9-11-24)22(27)23-17-4-2-1-3-5-17/h1-7,12-13,15,25H,8-11,14H2,(H,23,27). The molecule has 0 unspecified atom stereocenters. The lowest BCUT2D eigenvalue weighted by Crippen LogP contribution is -2.37. The van der Waals surface area contributed by atoms with E-state index in [0.29, 0.717) is 12.1 Å². The van der Waals surface area contributed by atoms with Gasteiger partial charge < -0.3 is 14.8 Å². The van der Waals surface area contributed by atoms with Gasteiger partial charge in [-0.05, 0) is 55.8 Å². The molecule has 2 N–H and O–H groups in total. The molecule has 1 saturated heterocycles. The lowest BCUT2D eigenvalue weighted by Gasteiger charge is -2.31. The highest BCUT2D eigenvalue weighted by Crippen LogP contribution is 2.25. The van der Waals surface area contributed by atoms with Crippen molar-refractivity contribution in [2.75, 3.05) is 18.4 Å². The molecule has 3 aromatic rings. The number of para-hydroxylation sites is 1. The van der Waals surface area contributed by atoms with E-state index in [2.05, 4.69) is 10.2 Å². The van der Waals surface area contributed by atoms with Crippen molar-refractivity contribution in [1.82, 2.24) is 4.90 Å². The fraction of sp³-hybridized carbons (Fsp3) is 0.273. The molecular weight excluding hydrogens is 356 g/mol. The van der Waals surface area contributed by atoms with E-state index in [1.54, 1.807) is 12.1 Å². The monoisotopic (exact) mass is 378 g/mol. The number of fused-ring (bicyclic) bond motifs is 1. The Kier molecular flexibility index (Phi) is 5.12. The first-order valence-electron chi connectivity index (χ1n) is 9.42. The van der Waals surface area contributed by atoms with Crippen molar-refractivity contribution >= 4 is 22.6 Å². The Balaban J connectivity index is 1.40. The van der Waals surface area contributed by atoms with Crippen molar-refractivity contribution in [2.24, 2.45) is 5.92 Å². The molecule has 2 aromatic carbocycles. The summed E-state index contributed by atoms with van der Waals surface area (Å²) in [6.45, 7) is 2.18. The van der Waals surface area contributed by atoms with Gasteiger partial charge in [0.2, 0.25) is 5.91 Å². The van der Waals surface area contributed by atoms with Gasteiger partial charge in [-0.3, -0.25) is 9.69 Å². The van der Waals surface area contributed by atoms with Gasteiger partial charge in [0.05, 0.1) is 0 Å². The quantitative estimate of drug-likeness (QED) is 0.681. The van der Waals surface area contributed by atoms with Crippen LogP contribution in [0, 0.1) is 5.92 Å². The second-order valence-electron chi connectivity index (χ2n) is 7.18. The van der Waals surface area contributed by atoms with Crippen molar-refractivity contribution in [3.05, 3.63) is 70.6 Å². The van der Waals surface area contributed by atoms with E-state index in [9.17, 15) is 14.7 Å². The summed E-state index contributed by atoms with van der Waals surface area (Å²) in [5.74, 6) is 0.121. The highest BCUT2D eigenvalue weighted by Gasteiger charge is 2.25. The highest BCUT2D eigenvalue weighted by molar-refractivity contribution is 5.92. The Labute approximate surface area is 162 Å². The normalized spacial score (nSPS) is 15.6. The predicted molar refractivity (Wildman–Crippen MR) is 107 cm³/mol. The van der Waals surface area contributed by atoms with Crippen LogP contribution in [0.1, 0.15) is 18.4 Å². The Morgan fingerprint density at radius 1 is 1.11 bits per heavy atom. The minimum absolute atomic E-state index is 0.00834. The summed E-state index contributed by atoms with van der Waals surface area (Å²) < 4.78 is 5.19. The molecule has 1 aliphatic rings. The number of hydrogen-bond donors (Lipinski definition) is 2. The van der Waals surface area contributed by atoms with Crippen molar-refractivity contribution in [2.45, 2.75) is 19.4 Å². The molecule has 2 heterocycles. The zero-order valence-electron chi connectivity index (χ0n) is 15.4. The second-order valence-corrected chi connectivity index (χ2v) is 7.18. The predicted octanol–water partition coefficient (Wildman–Crippen LogP) is 3.35. The number of anilines is 1. The van der Waals surface area contributed by atoms with Gasteiger partial charge in [0.25, 0.3) is 0 Å². The van der Waals surface area contributed by atoms with Crippen LogP contribution in [0.3, 0.4) is 0 Å². The van der Waals surface area contributed by atoms with Gasteiger partial charge in [0, 0.05) is 35.7 Å². The fourth-order valence-corrected chi connectivity index (χ4v) is 3.71. The SMILES string of the molecule is O=C(Nc1ccccc1)C1CCN(Cc2cc(=O)oc3cc(O)ccc23)CC1. The molecule has 0 aliphatic carbocycles. The number of carbonyl (C=O) groups excluding carboxylic acids is 1. The zero-order valence-corrected chi connectivity index (χ0v) is 15.4. The van der Waals surface area contributed by atoms with Crippen LogP contribution >= 0.6 is 0 Å². The molecule has 144 valence electrons. The van der Waals surface area contributed by atoms with Crippen LogP contribution in [0.4, 0.5) is 5.69 Å². The van der Waals surface area contributed by atoms with Crippen LogP contribution in [-0.2, 0) is 11.3 Å². The van der Waals surface area contributed by atoms with Gasteiger partial charge >= 0.3 is 5.63 Å². The number of piperidine rings is 1. The van der Waals surface area contributed by atoms with Crippen LogP contribution in [-0.4, -0.2) is 29.0 Å². The summed E-state index contributed by atoms with van der Waals surface area (Å²) >= 11 is 0. The molecule has 0 bridgehead atoms. The van der Waals surface area contributed by atoms with E-state index in [4.69, 9.17) is 4.42 Å². The fourth-order valence-electron chi connectivity index (χ4n) is 3.71. The number of nitrogens with one attached hydrogen (secondary N) is 1. The third kappa shape index (κ3) is 4.07. The lowest BCUT2D eigenvalue weighted by molar-refractivity contribution is -0.121. The largest absolute Gasteiger partial charge is 0.508 e. The van der Waals surface area contributed by atoms with Crippen molar-refractivity contribution < 1.29 is 14.3 Å². The number of amides is 1. The van der Waals surface area contributed by atoms with Gasteiger partial charge in [-0.1, -0.05) is 18.2 Å². The molecule has 0 radical (unpaired) electrons. The lowest BCUT2D eigenvalue weighted by atomic mass is 9.95. The minimum atomic E-state index is -0.426. The van der Waals surface area contributed by atoms with Crippen LogP contribution in [0.5, 0.6) is 5.75 Å². The average molecular weight is 378 g/mol. The Hall–Kier alpha value is -3.12. The van der Waals surface area contributed by atoms with Crippen LogP contribution in [0.15, 0.2) is 63.8 Å². The molecule has 0 spiro atoms. The number of hydrogen-bond acceptors (Lipinski definition) is 5. The molecule has 1 amide bonds. The Bertz CT molecular complexity index is 1040. The van der Waals surface area contributed by atoms with Crippen molar-refractivity contribution in [3.63, 3.8) is 0 Å². The van der Waals surface area contributed by atoms with Crippen LogP contribution in [0.2, 0.25) is 0 Å². The summed E-state index contributed by atoms with van der Waals surface area (Å²) in [7, 11) is 0. The maximum absolute atomic E-state index is 12.5. The van der Waals surface area contributed by atoms with E-state index in [1.165, 1.54) is 12.1 Å². The number of benzene rings is 2. The smallest absolute Gasteiger partial charge is 0.336 e. The highest BCUT2D eigenvalue weighted by atomic mass is 16.4. The third-order valence-corrected chi connectivity index (χ3v) is 5.21. The number of phenolic OH excluding ortho intramolecular Hbond substituents is 1. The summed E-state index contributed by atoms with van der Waals surface area (Å²) in [6.07, 6.45) is 1.55. The summed E-state index contributed by atoms with van der Waals surface area (Å²) in [5, 5.41) is 13.4. The van der Waals surface area contributed by atoms with Gasteiger partial charge in [-0.15, -0.1) is 0 Å². The first-order chi connectivity index (χ1) is 13.6. The van der Waals surface area contributed by atoms with E-state index < -0.39 is 5.63 Å². The number of nitrogens with zero attached hydrogens (tertiary/aromatic N) is 1. The molecule has 6 nitrogen and oxygen atoms in total. The van der Waals surface area contributed by atoms with E-state index >= 15 is 0 Å². The topological polar surface area (TPSA) is 82.8 Å². The maximum Gasteiger partial charge on any atom is 0.336 e. The van der Waals surface area contributed by atoms with Crippen molar-refractivity contribution in [3.8, 4) is 5.75 Å². The first kappa shape index (κ1) is 18.3. The molecule has 1 aromatic heterocycles. The average Bonchev–Trinajstić information content (AvgIpc) is 2.69. The number of rotatable bonds is 4. The van der Waals surface area contributed by atoms with E-state index in [0.717, 1.165) is 42.6 Å². The summed E-state index contributed by atoms with van der Waals surface area (Å²) in [6, 6.07) is 15.8. The summed E-state index contributed by atoms with van der Waals surface area (Å²) in [5.41, 5.74) is 1.66. The van der Waals surface area contributed by atoms with Crippen LogP contribution in [0.25, 0.3) is 11.0 Å². The molecule has 1 aliphatic heterocycles.